The highest BCUT2D eigenvalue weighted by molar-refractivity contribution is 9.10. The number of hydrazine groups is 1. The standard InChI is InChI=1S/C9H16BrN5O/c1-15-6(8(10)13-14-15)7(12-11)9(16-2)4-3-5-9/h7,12H,3-5,11H2,1-2H3. The van der Waals surface area contributed by atoms with Crippen LogP contribution in [-0.4, -0.2) is 27.7 Å². The molecule has 16 heavy (non-hydrogen) atoms. The molecular weight excluding hydrogens is 274 g/mol. The number of rotatable bonds is 4. The van der Waals surface area contributed by atoms with Gasteiger partial charge in [0.2, 0.25) is 0 Å². The van der Waals surface area contributed by atoms with E-state index in [0.717, 1.165) is 25.0 Å². The third-order valence-electron chi connectivity index (χ3n) is 3.40. The number of aryl methyl sites for hydroxylation is 1. The van der Waals surface area contributed by atoms with Crippen LogP contribution in [-0.2, 0) is 11.8 Å². The average molecular weight is 290 g/mol. The van der Waals surface area contributed by atoms with E-state index in [1.54, 1.807) is 11.8 Å². The van der Waals surface area contributed by atoms with E-state index in [9.17, 15) is 0 Å². The molecule has 1 atom stereocenters. The van der Waals surface area contributed by atoms with Gasteiger partial charge in [-0.15, -0.1) is 5.10 Å². The van der Waals surface area contributed by atoms with Crippen molar-refractivity contribution in [2.45, 2.75) is 30.9 Å². The van der Waals surface area contributed by atoms with Gasteiger partial charge in [0.25, 0.3) is 0 Å². The van der Waals surface area contributed by atoms with Gasteiger partial charge in [0.15, 0.2) is 4.60 Å². The molecular formula is C9H16BrN5O. The first kappa shape index (κ1) is 12.0. The molecule has 1 aromatic rings. The Morgan fingerprint density at radius 2 is 2.31 bits per heavy atom. The molecule has 2 rings (SSSR count). The second kappa shape index (κ2) is 4.40. The van der Waals surface area contributed by atoms with Crippen LogP contribution < -0.4 is 11.3 Å². The Bertz CT molecular complexity index is 351. The van der Waals surface area contributed by atoms with Gasteiger partial charge in [-0.1, -0.05) is 5.21 Å². The van der Waals surface area contributed by atoms with E-state index in [1.807, 2.05) is 7.05 Å². The van der Waals surface area contributed by atoms with Crippen LogP contribution in [0, 0.1) is 0 Å². The van der Waals surface area contributed by atoms with E-state index in [1.165, 1.54) is 0 Å². The Balaban J connectivity index is 2.36. The summed E-state index contributed by atoms with van der Waals surface area (Å²) in [5.74, 6) is 5.65. The minimum absolute atomic E-state index is 0.0966. The van der Waals surface area contributed by atoms with Gasteiger partial charge in [0.1, 0.15) is 0 Å². The van der Waals surface area contributed by atoms with Crippen LogP contribution in [0.2, 0.25) is 0 Å². The Morgan fingerprint density at radius 1 is 1.62 bits per heavy atom. The number of halogens is 1. The molecule has 1 aliphatic rings. The fraction of sp³-hybridized carbons (Fsp3) is 0.778. The first-order valence-electron chi connectivity index (χ1n) is 5.21. The molecule has 1 fully saturated rings. The summed E-state index contributed by atoms with van der Waals surface area (Å²) in [4.78, 5) is 0. The van der Waals surface area contributed by atoms with Gasteiger partial charge < -0.3 is 4.74 Å². The predicted molar refractivity (Wildman–Crippen MR) is 62.4 cm³/mol. The summed E-state index contributed by atoms with van der Waals surface area (Å²) in [6.07, 6.45) is 3.15. The monoisotopic (exact) mass is 289 g/mol. The summed E-state index contributed by atoms with van der Waals surface area (Å²) in [7, 11) is 3.57. The highest BCUT2D eigenvalue weighted by Gasteiger charge is 2.47. The molecule has 0 bridgehead atoms. The van der Waals surface area contributed by atoms with Crippen molar-refractivity contribution in [3.8, 4) is 0 Å². The second-order valence-electron chi connectivity index (χ2n) is 4.11. The zero-order valence-corrected chi connectivity index (χ0v) is 11.0. The first-order chi connectivity index (χ1) is 7.64. The molecule has 90 valence electrons. The molecule has 1 heterocycles. The highest BCUT2D eigenvalue weighted by Crippen LogP contribution is 2.45. The number of hydrogen-bond acceptors (Lipinski definition) is 5. The first-order valence-corrected chi connectivity index (χ1v) is 6.00. The molecule has 1 aliphatic carbocycles. The minimum atomic E-state index is -0.229. The molecule has 0 aliphatic heterocycles. The molecule has 1 saturated carbocycles. The van der Waals surface area contributed by atoms with Gasteiger partial charge in [-0.3, -0.25) is 5.84 Å². The number of nitrogens with one attached hydrogen (secondary N) is 1. The highest BCUT2D eigenvalue weighted by atomic mass is 79.9. The van der Waals surface area contributed by atoms with E-state index < -0.39 is 0 Å². The number of hydrogen-bond donors (Lipinski definition) is 2. The van der Waals surface area contributed by atoms with Crippen LogP contribution >= 0.6 is 15.9 Å². The van der Waals surface area contributed by atoms with Crippen LogP contribution in [0.4, 0.5) is 0 Å². The number of nitrogens with zero attached hydrogens (tertiary/aromatic N) is 3. The molecule has 1 aromatic heterocycles. The molecule has 0 radical (unpaired) electrons. The van der Waals surface area contributed by atoms with Crippen molar-refractivity contribution in [3.63, 3.8) is 0 Å². The van der Waals surface area contributed by atoms with Crippen LogP contribution in [0.25, 0.3) is 0 Å². The van der Waals surface area contributed by atoms with Gasteiger partial charge in [0, 0.05) is 14.2 Å². The fourth-order valence-corrected chi connectivity index (χ4v) is 2.82. The molecule has 7 heteroatoms. The van der Waals surface area contributed by atoms with Crippen LogP contribution in [0.5, 0.6) is 0 Å². The van der Waals surface area contributed by atoms with E-state index in [0.29, 0.717) is 4.60 Å². The Hall–Kier alpha value is -0.500. The summed E-state index contributed by atoms with van der Waals surface area (Å²) in [5, 5.41) is 7.93. The molecule has 3 N–H and O–H groups in total. The normalized spacial score (nSPS) is 20.5. The number of methoxy groups -OCH3 is 1. The quantitative estimate of drug-likeness (QED) is 0.629. The summed E-state index contributed by atoms with van der Waals surface area (Å²) in [5.41, 5.74) is 3.51. The van der Waals surface area contributed by atoms with Gasteiger partial charge in [-0.05, 0) is 35.2 Å². The molecule has 0 saturated heterocycles. The van der Waals surface area contributed by atoms with E-state index >= 15 is 0 Å². The average Bonchev–Trinajstić information content (AvgIpc) is 2.53. The van der Waals surface area contributed by atoms with Crippen molar-refractivity contribution >= 4 is 15.9 Å². The third kappa shape index (κ3) is 1.67. The van der Waals surface area contributed by atoms with E-state index in [4.69, 9.17) is 10.6 Å². The molecule has 0 amide bonds. The largest absolute Gasteiger partial charge is 0.376 e. The predicted octanol–water partition coefficient (Wildman–Crippen LogP) is 0.651. The molecule has 0 aromatic carbocycles. The van der Waals surface area contributed by atoms with Gasteiger partial charge in [0.05, 0.1) is 17.3 Å². The van der Waals surface area contributed by atoms with Gasteiger partial charge >= 0.3 is 0 Å². The third-order valence-corrected chi connectivity index (χ3v) is 3.96. The molecule has 1 unspecified atom stereocenters. The van der Waals surface area contributed by atoms with Crippen molar-refractivity contribution in [1.29, 1.82) is 0 Å². The van der Waals surface area contributed by atoms with Crippen LogP contribution in [0.1, 0.15) is 31.0 Å². The van der Waals surface area contributed by atoms with Crippen molar-refractivity contribution in [1.82, 2.24) is 20.4 Å². The minimum Gasteiger partial charge on any atom is -0.376 e. The van der Waals surface area contributed by atoms with E-state index in [-0.39, 0.29) is 11.6 Å². The lowest BCUT2D eigenvalue weighted by molar-refractivity contribution is -0.102. The summed E-state index contributed by atoms with van der Waals surface area (Å²) < 4.78 is 8.05. The zero-order valence-electron chi connectivity index (χ0n) is 9.40. The summed E-state index contributed by atoms with van der Waals surface area (Å²) >= 11 is 3.39. The van der Waals surface area contributed by atoms with Crippen LogP contribution in [0.15, 0.2) is 4.60 Å². The molecule has 6 nitrogen and oxygen atoms in total. The van der Waals surface area contributed by atoms with Gasteiger partial charge in [-0.2, -0.15) is 0 Å². The fourth-order valence-electron chi connectivity index (χ4n) is 2.26. The van der Waals surface area contributed by atoms with Crippen molar-refractivity contribution in [2.24, 2.45) is 12.9 Å². The number of aromatic nitrogens is 3. The smallest absolute Gasteiger partial charge is 0.153 e. The Labute approximate surface area is 103 Å². The second-order valence-corrected chi connectivity index (χ2v) is 4.86. The maximum atomic E-state index is 5.65. The van der Waals surface area contributed by atoms with Crippen molar-refractivity contribution in [3.05, 3.63) is 10.3 Å². The maximum Gasteiger partial charge on any atom is 0.153 e. The number of nitrogens with two attached hydrogens (primary N) is 1. The summed E-state index contributed by atoms with van der Waals surface area (Å²) in [6, 6.07) is -0.0966. The maximum absolute atomic E-state index is 5.65. The number of ether oxygens (including phenoxy) is 1. The summed E-state index contributed by atoms with van der Waals surface area (Å²) in [6.45, 7) is 0. The molecule has 0 spiro atoms. The lowest BCUT2D eigenvalue weighted by atomic mass is 9.73. The zero-order chi connectivity index (χ0) is 11.8. The van der Waals surface area contributed by atoms with Gasteiger partial charge in [-0.25, -0.2) is 10.1 Å². The topological polar surface area (TPSA) is 78.0 Å². The SMILES string of the molecule is COC1(C(NN)c2c(Br)nnn2C)CCC1. The Morgan fingerprint density at radius 3 is 2.62 bits per heavy atom. The lowest BCUT2D eigenvalue weighted by Crippen LogP contribution is -2.53. The van der Waals surface area contributed by atoms with E-state index in [2.05, 4.69) is 31.7 Å². The lowest BCUT2D eigenvalue weighted by Gasteiger charge is -2.45. The van der Waals surface area contributed by atoms with Crippen molar-refractivity contribution in [2.75, 3.05) is 7.11 Å². The Kier molecular flexibility index (Phi) is 3.29. The van der Waals surface area contributed by atoms with Crippen molar-refractivity contribution < 1.29 is 4.74 Å². The van der Waals surface area contributed by atoms with Crippen LogP contribution in [0.3, 0.4) is 0 Å².